The molecule has 1 aromatic carbocycles. The Hall–Kier alpha value is -1.13. The smallest absolute Gasteiger partial charge is 0.0790 e. The quantitative estimate of drug-likeness (QED) is 0.871. The molecule has 2 aromatic rings. The van der Waals surface area contributed by atoms with E-state index < -0.39 is 0 Å². The molecular weight excluding hydrogens is 266 g/mol. The number of nitrogens with zero attached hydrogens (tertiary/aromatic N) is 2. The number of halogens is 1. The Morgan fingerprint density at radius 1 is 1.38 bits per heavy atom. The highest BCUT2D eigenvalue weighted by Gasteiger charge is 2.24. The monoisotopic (exact) mass is 277 g/mol. The van der Waals surface area contributed by atoms with Crippen LogP contribution in [0.25, 0.3) is 5.69 Å². The predicted molar refractivity (Wildman–Crippen MR) is 66.5 cm³/mol. The van der Waals surface area contributed by atoms with E-state index in [1.54, 1.807) is 0 Å². The number of para-hydroxylation sites is 1. The summed E-state index contributed by atoms with van der Waals surface area (Å²) in [5, 5.41) is 4.43. The molecule has 3 rings (SSSR count). The van der Waals surface area contributed by atoms with E-state index in [-0.39, 0.29) is 6.04 Å². The van der Waals surface area contributed by atoms with Gasteiger partial charge in [-0.25, -0.2) is 4.68 Å². The zero-order valence-corrected chi connectivity index (χ0v) is 10.3. The van der Waals surface area contributed by atoms with Gasteiger partial charge in [-0.3, -0.25) is 0 Å². The number of fused-ring (bicyclic) bond motifs is 1. The van der Waals surface area contributed by atoms with Gasteiger partial charge in [-0.05, 0) is 40.9 Å². The maximum Gasteiger partial charge on any atom is 0.0790 e. The number of hydrogen-bond acceptors (Lipinski definition) is 2. The highest BCUT2D eigenvalue weighted by Crippen LogP contribution is 2.32. The number of rotatable bonds is 1. The fourth-order valence-electron chi connectivity index (χ4n) is 2.23. The summed E-state index contributed by atoms with van der Waals surface area (Å²) in [5.74, 6) is 0. The van der Waals surface area contributed by atoms with E-state index in [2.05, 4.69) is 27.1 Å². The first kappa shape index (κ1) is 10.1. The molecule has 0 spiro atoms. The van der Waals surface area contributed by atoms with E-state index in [1.807, 2.05) is 29.1 Å². The van der Waals surface area contributed by atoms with Crippen LogP contribution in [0.15, 0.2) is 34.9 Å². The number of benzene rings is 1. The topological polar surface area (TPSA) is 43.8 Å². The Labute approximate surface area is 102 Å². The first-order valence-corrected chi connectivity index (χ1v) is 6.14. The molecule has 16 heavy (non-hydrogen) atoms. The summed E-state index contributed by atoms with van der Waals surface area (Å²) < 4.78 is 3.05. The summed E-state index contributed by atoms with van der Waals surface area (Å²) in [6.45, 7) is 0. The molecule has 3 nitrogen and oxygen atoms in total. The third-order valence-corrected chi connectivity index (χ3v) is 3.74. The van der Waals surface area contributed by atoms with Crippen LogP contribution in [0.2, 0.25) is 0 Å². The van der Waals surface area contributed by atoms with Crippen LogP contribution < -0.4 is 5.73 Å². The van der Waals surface area contributed by atoms with Gasteiger partial charge in [-0.1, -0.05) is 12.1 Å². The van der Waals surface area contributed by atoms with Gasteiger partial charge in [0.15, 0.2) is 0 Å². The molecular formula is C12H12BrN3. The van der Waals surface area contributed by atoms with Crippen molar-refractivity contribution in [3.63, 3.8) is 0 Å². The zero-order chi connectivity index (χ0) is 11.1. The summed E-state index contributed by atoms with van der Waals surface area (Å²) in [6.07, 6.45) is 3.93. The van der Waals surface area contributed by atoms with Crippen LogP contribution >= 0.6 is 15.9 Å². The molecule has 1 unspecified atom stereocenters. The average molecular weight is 278 g/mol. The lowest BCUT2D eigenvalue weighted by Gasteiger charge is -2.07. The minimum Gasteiger partial charge on any atom is -0.324 e. The van der Waals surface area contributed by atoms with Gasteiger partial charge in [0.25, 0.3) is 0 Å². The molecule has 0 fully saturated rings. The number of hydrogen-bond donors (Lipinski definition) is 1. The lowest BCUT2D eigenvalue weighted by Crippen LogP contribution is -2.03. The van der Waals surface area contributed by atoms with Gasteiger partial charge in [-0.2, -0.15) is 5.10 Å². The second kappa shape index (κ2) is 3.71. The standard InChI is InChI=1S/C12H12BrN3/c13-9-3-1-2-4-12(9)16-11-6-5-10(14)8(11)7-15-16/h1-4,7,10H,5-6,14H2. The third kappa shape index (κ3) is 1.41. The minimum absolute atomic E-state index is 0.159. The Balaban J connectivity index is 2.16. The van der Waals surface area contributed by atoms with Crippen LogP contribution in [0, 0.1) is 0 Å². The summed E-state index contributed by atoms with van der Waals surface area (Å²) in [4.78, 5) is 0. The Morgan fingerprint density at radius 2 is 2.19 bits per heavy atom. The molecule has 1 aliphatic rings. The van der Waals surface area contributed by atoms with Gasteiger partial charge in [0.05, 0.1) is 11.9 Å². The lowest BCUT2D eigenvalue weighted by molar-refractivity contribution is 0.692. The third-order valence-electron chi connectivity index (χ3n) is 3.07. The summed E-state index contributed by atoms with van der Waals surface area (Å²) in [7, 11) is 0. The molecule has 0 aliphatic heterocycles. The summed E-state index contributed by atoms with van der Waals surface area (Å²) in [6, 6.07) is 8.26. The molecule has 0 saturated heterocycles. The van der Waals surface area contributed by atoms with Gasteiger partial charge in [0.1, 0.15) is 0 Å². The fraction of sp³-hybridized carbons (Fsp3) is 0.250. The van der Waals surface area contributed by atoms with Crippen molar-refractivity contribution in [3.05, 3.63) is 46.2 Å². The van der Waals surface area contributed by atoms with Crippen LogP contribution in [-0.4, -0.2) is 9.78 Å². The fourth-order valence-corrected chi connectivity index (χ4v) is 2.68. The molecule has 82 valence electrons. The molecule has 0 amide bonds. The van der Waals surface area contributed by atoms with Gasteiger partial charge in [-0.15, -0.1) is 0 Å². The lowest BCUT2D eigenvalue weighted by atomic mass is 10.2. The molecule has 0 bridgehead atoms. The van der Waals surface area contributed by atoms with Gasteiger partial charge in [0, 0.05) is 21.8 Å². The maximum absolute atomic E-state index is 6.01. The Kier molecular flexibility index (Phi) is 2.33. The molecule has 0 radical (unpaired) electrons. The van der Waals surface area contributed by atoms with Crippen LogP contribution in [0.4, 0.5) is 0 Å². The molecule has 2 N–H and O–H groups in total. The van der Waals surface area contributed by atoms with Crippen LogP contribution in [0.1, 0.15) is 23.7 Å². The highest BCUT2D eigenvalue weighted by atomic mass is 79.9. The normalized spacial score (nSPS) is 18.8. The van der Waals surface area contributed by atoms with Crippen LogP contribution in [0.3, 0.4) is 0 Å². The van der Waals surface area contributed by atoms with E-state index in [1.165, 1.54) is 11.3 Å². The van der Waals surface area contributed by atoms with Crippen molar-refractivity contribution in [2.75, 3.05) is 0 Å². The number of nitrogens with two attached hydrogens (primary N) is 1. The molecule has 1 heterocycles. The number of aromatic nitrogens is 2. The SMILES string of the molecule is NC1CCc2c1cnn2-c1ccccc1Br. The van der Waals surface area contributed by atoms with Crippen molar-refractivity contribution >= 4 is 15.9 Å². The highest BCUT2D eigenvalue weighted by molar-refractivity contribution is 9.10. The van der Waals surface area contributed by atoms with Crippen LogP contribution in [0.5, 0.6) is 0 Å². The van der Waals surface area contributed by atoms with Gasteiger partial charge >= 0.3 is 0 Å². The van der Waals surface area contributed by atoms with E-state index in [0.29, 0.717) is 0 Å². The average Bonchev–Trinajstić information content (AvgIpc) is 2.83. The Bertz CT molecular complexity index is 533. The predicted octanol–water partition coefficient (Wildman–Crippen LogP) is 2.58. The van der Waals surface area contributed by atoms with Crippen molar-refractivity contribution in [2.24, 2.45) is 5.73 Å². The molecule has 1 aliphatic carbocycles. The van der Waals surface area contributed by atoms with Gasteiger partial charge < -0.3 is 5.73 Å². The van der Waals surface area contributed by atoms with E-state index in [0.717, 1.165) is 23.0 Å². The summed E-state index contributed by atoms with van der Waals surface area (Å²) >= 11 is 3.55. The largest absolute Gasteiger partial charge is 0.324 e. The molecule has 1 atom stereocenters. The van der Waals surface area contributed by atoms with E-state index in [9.17, 15) is 0 Å². The molecule has 1 aromatic heterocycles. The van der Waals surface area contributed by atoms with Crippen LogP contribution in [-0.2, 0) is 6.42 Å². The van der Waals surface area contributed by atoms with E-state index in [4.69, 9.17) is 5.73 Å². The first-order valence-electron chi connectivity index (χ1n) is 5.34. The molecule has 4 heteroatoms. The second-order valence-corrected chi connectivity index (χ2v) is 4.91. The second-order valence-electron chi connectivity index (χ2n) is 4.05. The van der Waals surface area contributed by atoms with E-state index >= 15 is 0 Å². The van der Waals surface area contributed by atoms with Crippen molar-refractivity contribution in [1.29, 1.82) is 0 Å². The van der Waals surface area contributed by atoms with Gasteiger partial charge in [0.2, 0.25) is 0 Å². The zero-order valence-electron chi connectivity index (χ0n) is 8.73. The van der Waals surface area contributed by atoms with Crippen molar-refractivity contribution in [3.8, 4) is 5.69 Å². The minimum atomic E-state index is 0.159. The van der Waals surface area contributed by atoms with Crippen molar-refractivity contribution in [1.82, 2.24) is 9.78 Å². The summed E-state index contributed by atoms with van der Waals surface area (Å²) in [5.41, 5.74) is 9.53. The Morgan fingerprint density at radius 3 is 3.00 bits per heavy atom. The first-order chi connectivity index (χ1) is 7.77. The molecule has 0 saturated carbocycles. The maximum atomic E-state index is 6.01. The van der Waals surface area contributed by atoms with Crippen molar-refractivity contribution < 1.29 is 0 Å². The van der Waals surface area contributed by atoms with Crippen molar-refractivity contribution in [2.45, 2.75) is 18.9 Å².